The van der Waals surface area contributed by atoms with E-state index in [9.17, 15) is 4.79 Å². The van der Waals surface area contributed by atoms with Crippen molar-refractivity contribution in [3.05, 3.63) is 64.9 Å². The average Bonchev–Trinajstić information content (AvgIpc) is 2.56. The van der Waals surface area contributed by atoms with Gasteiger partial charge >= 0.3 is 0 Å². The fourth-order valence-corrected chi connectivity index (χ4v) is 2.96. The van der Waals surface area contributed by atoms with E-state index >= 15 is 0 Å². The molecule has 1 aliphatic rings. The van der Waals surface area contributed by atoms with Gasteiger partial charge in [0.25, 0.3) is 5.91 Å². The van der Waals surface area contributed by atoms with Gasteiger partial charge in [0.2, 0.25) is 0 Å². The Morgan fingerprint density at radius 2 is 1.95 bits per heavy atom. The molecule has 21 heavy (non-hydrogen) atoms. The SMILES string of the molecule is O=C(c1ccccc1)N1CCCC[C@@H]1c1ccc(Cl)nc1. The molecule has 0 radical (unpaired) electrons. The van der Waals surface area contributed by atoms with Crippen molar-refractivity contribution < 1.29 is 4.79 Å². The molecular formula is C17H17ClN2O. The highest BCUT2D eigenvalue weighted by molar-refractivity contribution is 6.29. The van der Waals surface area contributed by atoms with Crippen molar-refractivity contribution in [2.45, 2.75) is 25.3 Å². The zero-order valence-electron chi connectivity index (χ0n) is 11.7. The van der Waals surface area contributed by atoms with E-state index in [0.29, 0.717) is 5.15 Å². The van der Waals surface area contributed by atoms with Gasteiger partial charge in [0, 0.05) is 18.3 Å². The highest BCUT2D eigenvalue weighted by atomic mass is 35.5. The van der Waals surface area contributed by atoms with E-state index in [1.54, 1.807) is 12.3 Å². The second kappa shape index (κ2) is 6.27. The number of carbonyl (C=O) groups is 1. The van der Waals surface area contributed by atoms with Crippen LogP contribution in [-0.2, 0) is 0 Å². The first-order valence-corrected chi connectivity index (χ1v) is 7.61. The molecule has 1 aromatic carbocycles. The Labute approximate surface area is 129 Å². The molecule has 0 saturated carbocycles. The van der Waals surface area contributed by atoms with E-state index in [1.807, 2.05) is 41.3 Å². The van der Waals surface area contributed by atoms with E-state index in [4.69, 9.17) is 11.6 Å². The summed E-state index contributed by atoms with van der Waals surface area (Å²) in [6, 6.07) is 13.3. The molecule has 0 bridgehead atoms. The third-order valence-corrected chi connectivity index (χ3v) is 4.14. The van der Waals surface area contributed by atoms with Gasteiger partial charge in [-0.05, 0) is 43.0 Å². The Bertz CT molecular complexity index is 612. The first kappa shape index (κ1) is 14.1. The molecule has 1 aliphatic heterocycles. The summed E-state index contributed by atoms with van der Waals surface area (Å²) in [4.78, 5) is 18.8. The summed E-state index contributed by atoms with van der Waals surface area (Å²) in [6.45, 7) is 0.793. The fraction of sp³-hybridized carbons (Fsp3) is 0.294. The molecule has 0 unspecified atom stereocenters. The number of halogens is 1. The summed E-state index contributed by atoms with van der Waals surface area (Å²) in [5, 5.41) is 0.482. The molecular weight excluding hydrogens is 284 g/mol. The van der Waals surface area contributed by atoms with Crippen LogP contribution in [0.1, 0.15) is 41.2 Å². The second-order valence-electron chi connectivity index (χ2n) is 5.29. The molecule has 1 aromatic heterocycles. The van der Waals surface area contributed by atoms with Crippen molar-refractivity contribution in [3.8, 4) is 0 Å². The third-order valence-electron chi connectivity index (χ3n) is 3.92. The maximum absolute atomic E-state index is 12.7. The van der Waals surface area contributed by atoms with Crippen LogP contribution in [0.15, 0.2) is 48.7 Å². The van der Waals surface area contributed by atoms with Crippen molar-refractivity contribution in [2.75, 3.05) is 6.54 Å². The van der Waals surface area contributed by atoms with Crippen molar-refractivity contribution in [3.63, 3.8) is 0 Å². The van der Waals surface area contributed by atoms with Crippen molar-refractivity contribution >= 4 is 17.5 Å². The van der Waals surface area contributed by atoms with Crippen LogP contribution in [0.2, 0.25) is 5.15 Å². The molecule has 0 spiro atoms. The number of nitrogens with zero attached hydrogens (tertiary/aromatic N) is 2. The Balaban J connectivity index is 1.88. The average molecular weight is 301 g/mol. The highest BCUT2D eigenvalue weighted by Crippen LogP contribution is 2.32. The number of hydrogen-bond donors (Lipinski definition) is 0. The molecule has 1 saturated heterocycles. The van der Waals surface area contributed by atoms with Crippen LogP contribution >= 0.6 is 11.6 Å². The van der Waals surface area contributed by atoms with Crippen LogP contribution in [0.3, 0.4) is 0 Å². The smallest absolute Gasteiger partial charge is 0.254 e. The van der Waals surface area contributed by atoms with Crippen LogP contribution in [-0.4, -0.2) is 22.3 Å². The maximum Gasteiger partial charge on any atom is 0.254 e. The summed E-state index contributed by atoms with van der Waals surface area (Å²) < 4.78 is 0. The molecule has 2 aromatic rings. The highest BCUT2D eigenvalue weighted by Gasteiger charge is 2.28. The van der Waals surface area contributed by atoms with Crippen molar-refractivity contribution in [2.24, 2.45) is 0 Å². The number of pyridine rings is 1. The largest absolute Gasteiger partial charge is 0.332 e. The molecule has 108 valence electrons. The number of carbonyl (C=O) groups excluding carboxylic acids is 1. The molecule has 3 nitrogen and oxygen atoms in total. The number of aromatic nitrogens is 1. The van der Waals surface area contributed by atoms with Gasteiger partial charge in [-0.1, -0.05) is 35.9 Å². The van der Waals surface area contributed by atoms with E-state index < -0.39 is 0 Å². The van der Waals surface area contributed by atoms with Gasteiger partial charge < -0.3 is 4.90 Å². The van der Waals surface area contributed by atoms with Gasteiger partial charge in [0.05, 0.1) is 6.04 Å². The number of amides is 1. The van der Waals surface area contributed by atoms with Gasteiger partial charge in [-0.2, -0.15) is 0 Å². The number of benzene rings is 1. The molecule has 1 atom stereocenters. The lowest BCUT2D eigenvalue weighted by molar-refractivity contribution is 0.0611. The molecule has 2 heterocycles. The summed E-state index contributed by atoms with van der Waals surface area (Å²) in [5.41, 5.74) is 1.80. The van der Waals surface area contributed by atoms with E-state index in [0.717, 1.165) is 36.9 Å². The van der Waals surface area contributed by atoms with Crippen molar-refractivity contribution in [1.82, 2.24) is 9.88 Å². The normalized spacial score (nSPS) is 18.5. The van der Waals surface area contributed by atoms with Crippen LogP contribution < -0.4 is 0 Å². The zero-order valence-corrected chi connectivity index (χ0v) is 12.5. The first-order chi connectivity index (χ1) is 10.3. The lowest BCUT2D eigenvalue weighted by Gasteiger charge is -2.36. The van der Waals surface area contributed by atoms with E-state index in [2.05, 4.69) is 4.98 Å². The van der Waals surface area contributed by atoms with Crippen LogP contribution in [0.5, 0.6) is 0 Å². The number of likely N-dealkylation sites (tertiary alicyclic amines) is 1. The molecule has 1 fully saturated rings. The van der Waals surface area contributed by atoms with Gasteiger partial charge in [-0.3, -0.25) is 4.79 Å². The first-order valence-electron chi connectivity index (χ1n) is 7.23. The van der Waals surface area contributed by atoms with E-state index in [1.165, 1.54) is 0 Å². The fourth-order valence-electron chi connectivity index (χ4n) is 2.85. The van der Waals surface area contributed by atoms with Crippen LogP contribution in [0, 0.1) is 0 Å². The predicted molar refractivity (Wildman–Crippen MR) is 83.3 cm³/mol. The summed E-state index contributed by atoms with van der Waals surface area (Å²) in [7, 11) is 0. The third kappa shape index (κ3) is 3.08. The zero-order chi connectivity index (χ0) is 14.7. The standard InChI is InChI=1S/C17H17ClN2O/c18-16-10-9-14(12-19-16)15-8-4-5-11-20(15)17(21)13-6-2-1-3-7-13/h1-3,6-7,9-10,12,15H,4-5,8,11H2/t15-/m1/s1. The lowest BCUT2D eigenvalue weighted by atomic mass is 9.95. The van der Waals surface area contributed by atoms with Gasteiger partial charge in [0.1, 0.15) is 5.15 Å². The molecule has 0 N–H and O–H groups in total. The van der Waals surface area contributed by atoms with Gasteiger partial charge in [-0.15, -0.1) is 0 Å². The monoisotopic (exact) mass is 300 g/mol. The molecule has 4 heteroatoms. The lowest BCUT2D eigenvalue weighted by Crippen LogP contribution is -2.38. The Morgan fingerprint density at radius 1 is 1.14 bits per heavy atom. The predicted octanol–water partition coefficient (Wildman–Crippen LogP) is 4.10. The van der Waals surface area contributed by atoms with Gasteiger partial charge in [-0.25, -0.2) is 4.98 Å². The van der Waals surface area contributed by atoms with Crippen molar-refractivity contribution in [1.29, 1.82) is 0 Å². The minimum Gasteiger partial charge on any atom is -0.332 e. The summed E-state index contributed by atoms with van der Waals surface area (Å²) in [6.07, 6.45) is 4.94. The number of hydrogen-bond acceptors (Lipinski definition) is 2. The Morgan fingerprint density at radius 3 is 2.67 bits per heavy atom. The van der Waals surface area contributed by atoms with Crippen LogP contribution in [0.4, 0.5) is 0 Å². The summed E-state index contributed by atoms with van der Waals surface area (Å²) in [5.74, 6) is 0.0928. The minimum atomic E-state index is 0.0928. The maximum atomic E-state index is 12.7. The van der Waals surface area contributed by atoms with E-state index in [-0.39, 0.29) is 11.9 Å². The second-order valence-corrected chi connectivity index (χ2v) is 5.68. The summed E-state index contributed by atoms with van der Waals surface area (Å²) >= 11 is 5.85. The number of rotatable bonds is 2. The topological polar surface area (TPSA) is 33.2 Å². The van der Waals surface area contributed by atoms with Crippen LogP contribution in [0.25, 0.3) is 0 Å². The molecule has 0 aliphatic carbocycles. The quantitative estimate of drug-likeness (QED) is 0.782. The Hall–Kier alpha value is -1.87. The molecule has 3 rings (SSSR count). The Kier molecular flexibility index (Phi) is 4.20. The molecule has 1 amide bonds. The minimum absolute atomic E-state index is 0.0928. The van der Waals surface area contributed by atoms with Gasteiger partial charge in [0.15, 0.2) is 0 Å². The number of piperidine rings is 1.